The number of pyridine rings is 1. The molecule has 1 atom stereocenters. The second-order valence-corrected chi connectivity index (χ2v) is 3.86. The van der Waals surface area contributed by atoms with Crippen LogP contribution in [0.5, 0.6) is 0 Å². The summed E-state index contributed by atoms with van der Waals surface area (Å²) in [5.41, 5.74) is 4.25. The van der Waals surface area contributed by atoms with Gasteiger partial charge in [-0.1, -0.05) is 29.3 Å². The van der Waals surface area contributed by atoms with Crippen LogP contribution in [0.1, 0.15) is 11.6 Å². The fraction of sp³-hybridized carbons (Fsp3) is 0.375. The van der Waals surface area contributed by atoms with Crippen LogP contribution < -0.4 is 5.73 Å². The highest BCUT2D eigenvalue weighted by molar-refractivity contribution is 6.32. The second kappa shape index (κ2) is 5.73. The van der Waals surface area contributed by atoms with E-state index in [1.165, 1.54) is 0 Å². The SMILES string of the molecule is Cl.N[C@H](c1ccc(Cl)nc1Cl)C(F)(F)C(F)(F)F. The summed E-state index contributed by atoms with van der Waals surface area (Å²) in [5.74, 6) is -5.11. The maximum atomic E-state index is 12.9. The first kappa shape index (κ1) is 17.6. The van der Waals surface area contributed by atoms with Crippen LogP contribution in [-0.2, 0) is 0 Å². The summed E-state index contributed by atoms with van der Waals surface area (Å²) in [5, 5.41) is -0.727. The number of hydrogen-bond donors (Lipinski definition) is 1. The van der Waals surface area contributed by atoms with Gasteiger partial charge in [-0.3, -0.25) is 0 Å². The molecule has 0 aliphatic rings. The van der Waals surface area contributed by atoms with E-state index in [4.69, 9.17) is 28.9 Å². The zero-order chi connectivity index (χ0) is 13.4. The van der Waals surface area contributed by atoms with Crippen molar-refractivity contribution in [2.24, 2.45) is 5.73 Å². The van der Waals surface area contributed by atoms with Gasteiger partial charge in [0.25, 0.3) is 0 Å². The molecule has 0 radical (unpaired) electrons. The Hall–Kier alpha value is -0.370. The summed E-state index contributed by atoms with van der Waals surface area (Å²) in [6.45, 7) is 0. The fourth-order valence-corrected chi connectivity index (χ4v) is 1.49. The Balaban J connectivity index is 0.00000289. The third kappa shape index (κ3) is 3.34. The molecule has 0 aromatic carbocycles. The average molecular weight is 331 g/mol. The lowest BCUT2D eigenvalue weighted by atomic mass is 10.0. The van der Waals surface area contributed by atoms with E-state index in [0.717, 1.165) is 12.1 Å². The highest BCUT2D eigenvalue weighted by Gasteiger charge is 2.62. The smallest absolute Gasteiger partial charge is 0.319 e. The molecule has 1 heterocycles. The number of hydrogen-bond acceptors (Lipinski definition) is 2. The number of nitrogens with two attached hydrogens (primary N) is 1. The summed E-state index contributed by atoms with van der Waals surface area (Å²) in [4.78, 5) is 3.34. The highest BCUT2D eigenvalue weighted by Crippen LogP contribution is 2.44. The van der Waals surface area contributed by atoms with Crippen molar-refractivity contribution >= 4 is 35.6 Å². The third-order valence-corrected chi connectivity index (χ3v) is 2.46. The molecule has 0 aliphatic heterocycles. The van der Waals surface area contributed by atoms with Gasteiger partial charge in [-0.05, 0) is 6.07 Å². The maximum absolute atomic E-state index is 12.9. The molecule has 0 amide bonds. The molecule has 0 bridgehead atoms. The van der Waals surface area contributed by atoms with Gasteiger partial charge in [0.05, 0.1) is 0 Å². The molecule has 1 rings (SSSR count). The zero-order valence-electron chi connectivity index (χ0n) is 8.31. The van der Waals surface area contributed by atoms with E-state index in [9.17, 15) is 22.0 Å². The monoisotopic (exact) mass is 330 g/mol. The highest BCUT2D eigenvalue weighted by atomic mass is 35.5. The predicted molar refractivity (Wildman–Crippen MR) is 59.4 cm³/mol. The van der Waals surface area contributed by atoms with E-state index in [1.54, 1.807) is 0 Å². The Morgan fingerprint density at radius 2 is 1.61 bits per heavy atom. The van der Waals surface area contributed by atoms with E-state index >= 15 is 0 Å². The van der Waals surface area contributed by atoms with Gasteiger partial charge in [0.1, 0.15) is 16.3 Å². The van der Waals surface area contributed by atoms with Crippen LogP contribution in [-0.4, -0.2) is 17.1 Å². The van der Waals surface area contributed by atoms with Crippen molar-refractivity contribution in [1.82, 2.24) is 4.98 Å². The maximum Gasteiger partial charge on any atom is 0.455 e. The van der Waals surface area contributed by atoms with E-state index in [2.05, 4.69) is 4.98 Å². The number of halogens is 8. The molecule has 1 aromatic rings. The van der Waals surface area contributed by atoms with Crippen molar-refractivity contribution in [2.45, 2.75) is 18.1 Å². The molecular weight excluding hydrogens is 325 g/mol. The Labute approximate surface area is 115 Å². The minimum atomic E-state index is -5.77. The lowest BCUT2D eigenvalue weighted by Crippen LogP contribution is -2.46. The molecule has 0 saturated heterocycles. The molecule has 0 aliphatic carbocycles. The van der Waals surface area contributed by atoms with E-state index in [1.807, 2.05) is 0 Å². The molecule has 18 heavy (non-hydrogen) atoms. The Kier molecular flexibility index (Phi) is 5.61. The Morgan fingerprint density at radius 1 is 1.11 bits per heavy atom. The first-order chi connectivity index (χ1) is 7.57. The second-order valence-electron chi connectivity index (χ2n) is 3.11. The summed E-state index contributed by atoms with van der Waals surface area (Å²) >= 11 is 10.8. The fourth-order valence-electron chi connectivity index (χ4n) is 1.03. The summed E-state index contributed by atoms with van der Waals surface area (Å²) in [6, 6.07) is -0.739. The van der Waals surface area contributed by atoms with Crippen LogP contribution in [0.15, 0.2) is 12.1 Å². The standard InChI is InChI=1S/C8H5Cl2F5N2.ClH/c9-4-2-1-3(6(10)17-4)5(16)7(11,12)8(13,14)15;/h1-2,5H,16H2;1H/t5-;/m1./s1. The molecule has 2 N–H and O–H groups in total. The van der Waals surface area contributed by atoms with Crippen LogP contribution in [0.3, 0.4) is 0 Å². The Bertz CT molecular complexity index is 424. The van der Waals surface area contributed by atoms with Gasteiger partial charge in [-0.2, -0.15) is 22.0 Å². The van der Waals surface area contributed by atoms with Crippen molar-refractivity contribution in [2.75, 3.05) is 0 Å². The molecule has 0 saturated carbocycles. The quantitative estimate of drug-likeness (QED) is 0.657. The van der Waals surface area contributed by atoms with Gasteiger partial charge < -0.3 is 5.73 Å². The van der Waals surface area contributed by atoms with Gasteiger partial charge in [-0.15, -0.1) is 12.4 Å². The number of nitrogens with zero attached hydrogens (tertiary/aromatic N) is 1. The number of aromatic nitrogens is 1. The van der Waals surface area contributed by atoms with Crippen LogP contribution in [0.25, 0.3) is 0 Å². The number of alkyl halides is 5. The average Bonchev–Trinajstić information content (AvgIpc) is 2.14. The van der Waals surface area contributed by atoms with E-state index in [-0.39, 0.29) is 17.6 Å². The molecule has 10 heteroatoms. The van der Waals surface area contributed by atoms with Crippen molar-refractivity contribution in [3.63, 3.8) is 0 Å². The molecule has 0 unspecified atom stereocenters. The minimum Gasteiger partial charge on any atom is -0.319 e. The molecule has 2 nitrogen and oxygen atoms in total. The van der Waals surface area contributed by atoms with Crippen LogP contribution in [0.2, 0.25) is 10.3 Å². The molecular formula is C8H6Cl3F5N2. The third-order valence-electron chi connectivity index (χ3n) is 1.95. The summed E-state index contributed by atoms with van der Waals surface area (Å²) in [7, 11) is 0. The van der Waals surface area contributed by atoms with Gasteiger partial charge in [0.2, 0.25) is 0 Å². The molecule has 1 aromatic heterocycles. The molecule has 104 valence electrons. The van der Waals surface area contributed by atoms with Gasteiger partial charge >= 0.3 is 12.1 Å². The van der Waals surface area contributed by atoms with E-state index < -0.39 is 28.9 Å². The first-order valence-corrected chi connectivity index (χ1v) is 4.85. The van der Waals surface area contributed by atoms with Crippen LogP contribution in [0.4, 0.5) is 22.0 Å². The largest absolute Gasteiger partial charge is 0.455 e. The van der Waals surface area contributed by atoms with E-state index in [0.29, 0.717) is 0 Å². The minimum absolute atomic E-state index is 0. The molecule has 0 spiro atoms. The predicted octanol–water partition coefficient (Wildman–Crippen LogP) is 4.01. The van der Waals surface area contributed by atoms with Crippen molar-refractivity contribution in [3.05, 3.63) is 28.0 Å². The lowest BCUT2D eigenvalue weighted by Gasteiger charge is -2.26. The Morgan fingerprint density at radius 3 is 2.00 bits per heavy atom. The van der Waals surface area contributed by atoms with Crippen LogP contribution >= 0.6 is 35.6 Å². The van der Waals surface area contributed by atoms with Gasteiger partial charge in [0, 0.05) is 5.56 Å². The van der Waals surface area contributed by atoms with Gasteiger partial charge in [0.15, 0.2) is 0 Å². The first-order valence-electron chi connectivity index (χ1n) is 4.09. The van der Waals surface area contributed by atoms with Gasteiger partial charge in [-0.25, -0.2) is 4.98 Å². The lowest BCUT2D eigenvalue weighted by molar-refractivity contribution is -0.291. The normalized spacial score (nSPS) is 14.0. The zero-order valence-corrected chi connectivity index (χ0v) is 10.6. The molecule has 0 fully saturated rings. The topological polar surface area (TPSA) is 38.9 Å². The van der Waals surface area contributed by atoms with Crippen molar-refractivity contribution in [3.8, 4) is 0 Å². The summed E-state index contributed by atoms with van der Waals surface area (Å²) in [6.07, 6.45) is -5.77. The van der Waals surface area contributed by atoms with Crippen molar-refractivity contribution < 1.29 is 22.0 Å². The van der Waals surface area contributed by atoms with Crippen LogP contribution in [0, 0.1) is 0 Å². The summed E-state index contributed by atoms with van der Waals surface area (Å²) < 4.78 is 62.0. The number of rotatable bonds is 2. The van der Waals surface area contributed by atoms with Crippen molar-refractivity contribution in [1.29, 1.82) is 0 Å².